The van der Waals surface area contributed by atoms with Crippen molar-refractivity contribution < 1.29 is 0 Å². The molecular formula is C17H19N3S. The van der Waals surface area contributed by atoms with Crippen LogP contribution in [0.5, 0.6) is 0 Å². The number of hydrogen-bond donors (Lipinski definition) is 1. The summed E-state index contributed by atoms with van der Waals surface area (Å²) in [5.74, 6) is 0.680. The first-order valence-electron chi connectivity index (χ1n) is 7.44. The van der Waals surface area contributed by atoms with E-state index in [0.717, 1.165) is 17.2 Å². The van der Waals surface area contributed by atoms with Gasteiger partial charge in [-0.25, -0.2) is 4.98 Å². The Morgan fingerprint density at radius 1 is 1.29 bits per heavy atom. The van der Waals surface area contributed by atoms with Crippen LogP contribution in [-0.2, 0) is 6.54 Å². The van der Waals surface area contributed by atoms with Crippen molar-refractivity contribution in [1.82, 2.24) is 14.7 Å². The molecule has 0 spiro atoms. The largest absolute Gasteiger partial charge is 0.308 e. The third-order valence-corrected chi connectivity index (χ3v) is 5.19. The van der Waals surface area contributed by atoms with Crippen LogP contribution in [0.25, 0.3) is 4.96 Å². The van der Waals surface area contributed by atoms with Crippen LogP contribution in [0, 0.1) is 13.8 Å². The van der Waals surface area contributed by atoms with Crippen LogP contribution in [0.1, 0.15) is 34.2 Å². The number of benzene rings is 1. The molecule has 2 heterocycles. The van der Waals surface area contributed by atoms with Crippen LogP contribution < -0.4 is 5.32 Å². The molecule has 2 atom stereocenters. The maximum Gasteiger partial charge on any atom is 0.194 e. The lowest BCUT2D eigenvalue weighted by molar-refractivity contribution is 0.654. The highest BCUT2D eigenvalue weighted by Crippen LogP contribution is 2.40. The van der Waals surface area contributed by atoms with Crippen molar-refractivity contribution in [3.63, 3.8) is 0 Å². The van der Waals surface area contributed by atoms with Crippen molar-refractivity contribution in [3.8, 4) is 0 Å². The van der Waals surface area contributed by atoms with Crippen LogP contribution in [-0.4, -0.2) is 15.4 Å². The van der Waals surface area contributed by atoms with E-state index < -0.39 is 0 Å². The van der Waals surface area contributed by atoms with Gasteiger partial charge in [-0.2, -0.15) is 0 Å². The Morgan fingerprint density at radius 3 is 2.90 bits per heavy atom. The summed E-state index contributed by atoms with van der Waals surface area (Å²) in [7, 11) is 0. The Kier molecular flexibility index (Phi) is 3.08. The van der Waals surface area contributed by atoms with Crippen LogP contribution in [0.15, 0.2) is 36.5 Å². The van der Waals surface area contributed by atoms with Gasteiger partial charge in [-0.05, 0) is 25.8 Å². The number of aryl methyl sites for hydroxylation is 2. The molecule has 2 unspecified atom stereocenters. The Balaban J connectivity index is 1.46. The molecule has 1 aromatic carbocycles. The van der Waals surface area contributed by atoms with E-state index >= 15 is 0 Å². The summed E-state index contributed by atoms with van der Waals surface area (Å²) in [6.45, 7) is 5.14. The Bertz CT molecular complexity index is 772. The monoisotopic (exact) mass is 297 g/mol. The Hall–Kier alpha value is -1.65. The molecule has 4 heteroatoms. The summed E-state index contributed by atoms with van der Waals surface area (Å²) in [6, 6.07) is 11.4. The number of nitrogens with one attached hydrogen (secondary N) is 1. The van der Waals surface area contributed by atoms with Crippen molar-refractivity contribution in [3.05, 3.63) is 58.4 Å². The maximum absolute atomic E-state index is 4.65. The van der Waals surface area contributed by atoms with Gasteiger partial charge in [0.05, 0.1) is 11.4 Å². The number of thiazole rings is 1. The first-order valence-corrected chi connectivity index (χ1v) is 8.26. The van der Waals surface area contributed by atoms with E-state index in [0.29, 0.717) is 12.0 Å². The normalized spacial score (nSPS) is 21.0. The molecule has 1 saturated carbocycles. The van der Waals surface area contributed by atoms with Crippen LogP contribution >= 0.6 is 11.3 Å². The quantitative estimate of drug-likeness (QED) is 0.796. The van der Waals surface area contributed by atoms with Crippen LogP contribution in [0.3, 0.4) is 0 Å². The molecule has 1 aliphatic carbocycles. The first kappa shape index (κ1) is 13.0. The van der Waals surface area contributed by atoms with Crippen molar-refractivity contribution in [2.75, 3.05) is 0 Å². The van der Waals surface area contributed by atoms with Crippen LogP contribution in [0.2, 0.25) is 0 Å². The van der Waals surface area contributed by atoms with E-state index in [4.69, 9.17) is 0 Å². The molecule has 0 radical (unpaired) electrons. The number of fused-ring (bicyclic) bond motifs is 1. The van der Waals surface area contributed by atoms with E-state index in [-0.39, 0.29) is 0 Å². The molecule has 1 fully saturated rings. The Morgan fingerprint density at radius 2 is 2.10 bits per heavy atom. The van der Waals surface area contributed by atoms with Gasteiger partial charge in [0.15, 0.2) is 4.96 Å². The fourth-order valence-corrected chi connectivity index (χ4v) is 3.93. The highest BCUT2D eigenvalue weighted by molar-refractivity contribution is 7.17. The van der Waals surface area contributed by atoms with Gasteiger partial charge in [-0.3, -0.25) is 4.40 Å². The summed E-state index contributed by atoms with van der Waals surface area (Å²) in [4.78, 5) is 7.07. The molecule has 2 aromatic heterocycles. The van der Waals surface area contributed by atoms with Gasteiger partial charge in [0.25, 0.3) is 0 Å². The van der Waals surface area contributed by atoms with Gasteiger partial charge in [0.1, 0.15) is 0 Å². The summed E-state index contributed by atoms with van der Waals surface area (Å²) < 4.78 is 2.24. The fourth-order valence-electron chi connectivity index (χ4n) is 3.04. The number of aromatic nitrogens is 2. The lowest BCUT2D eigenvalue weighted by atomic mass is 10.1. The molecular weight excluding hydrogens is 278 g/mol. The molecule has 108 valence electrons. The molecule has 0 bridgehead atoms. The average molecular weight is 297 g/mol. The van der Waals surface area contributed by atoms with Crippen molar-refractivity contribution in [2.24, 2.45) is 0 Å². The molecule has 1 N–H and O–H groups in total. The van der Waals surface area contributed by atoms with Gasteiger partial charge < -0.3 is 5.32 Å². The smallest absolute Gasteiger partial charge is 0.194 e. The second kappa shape index (κ2) is 4.97. The van der Waals surface area contributed by atoms with Gasteiger partial charge >= 0.3 is 0 Å². The molecule has 0 aliphatic heterocycles. The van der Waals surface area contributed by atoms with E-state index in [2.05, 4.69) is 65.1 Å². The summed E-state index contributed by atoms with van der Waals surface area (Å²) in [6.07, 6.45) is 3.44. The third-order valence-electron chi connectivity index (χ3n) is 4.29. The summed E-state index contributed by atoms with van der Waals surface area (Å²) >= 11 is 1.76. The van der Waals surface area contributed by atoms with Gasteiger partial charge in [-0.15, -0.1) is 11.3 Å². The number of nitrogens with zero attached hydrogens (tertiary/aromatic N) is 2. The second-order valence-electron chi connectivity index (χ2n) is 5.88. The zero-order chi connectivity index (χ0) is 14.4. The lowest BCUT2D eigenvalue weighted by Crippen LogP contribution is -2.18. The number of rotatable bonds is 4. The number of hydrogen-bond acceptors (Lipinski definition) is 3. The third kappa shape index (κ3) is 2.39. The van der Waals surface area contributed by atoms with Crippen LogP contribution in [0.4, 0.5) is 0 Å². The Labute approximate surface area is 128 Å². The predicted octanol–water partition coefficient (Wildman–Crippen LogP) is 3.66. The SMILES string of the molecule is Cc1cn2c(CNC3CC3c3ccccc3)c(C)nc2s1. The van der Waals surface area contributed by atoms with Gasteiger partial charge in [0, 0.05) is 29.6 Å². The van der Waals surface area contributed by atoms with E-state index in [1.165, 1.54) is 22.6 Å². The molecule has 3 nitrogen and oxygen atoms in total. The molecule has 21 heavy (non-hydrogen) atoms. The molecule has 3 aromatic rings. The van der Waals surface area contributed by atoms with Crippen molar-refractivity contribution in [2.45, 2.75) is 38.8 Å². The topological polar surface area (TPSA) is 29.3 Å². The minimum atomic E-state index is 0.608. The average Bonchev–Trinajstić information content (AvgIpc) is 3.09. The highest BCUT2D eigenvalue weighted by atomic mass is 32.1. The minimum Gasteiger partial charge on any atom is -0.308 e. The van der Waals surface area contributed by atoms with Gasteiger partial charge in [0.2, 0.25) is 0 Å². The standard InChI is InChI=1S/C17H19N3S/c1-11-10-20-16(12(2)19-17(20)21-11)9-18-15-8-14(15)13-6-4-3-5-7-13/h3-7,10,14-15,18H,8-9H2,1-2H3. The predicted molar refractivity (Wildman–Crippen MR) is 87.0 cm³/mol. The zero-order valence-electron chi connectivity index (χ0n) is 12.3. The van der Waals surface area contributed by atoms with E-state index in [1.54, 1.807) is 11.3 Å². The number of imidazole rings is 1. The van der Waals surface area contributed by atoms with E-state index in [9.17, 15) is 0 Å². The highest BCUT2D eigenvalue weighted by Gasteiger charge is 2.37. The fraction of sp³-hybridized carbons (Fsp3) is 0.353. The second-order valence-corrected chi connectivity index (χ2v) is 7.09. The molecule has 4 rings (SSSR count). The minimum absolute atomic E-state index is 0.608. The molecule has 1 aliphatic rings. The zero-order valence-corrected chi connectivity index (χ0v) is 13.2. The van der Waals surface area contributed by atoms with Crippen molar-refractivity contribution >= 4 is 16.3 Å². The first-order chi connectivity index (χ1) is 10.2. The lowest BCUT2D eigenvalue weighted by Gasteiger charge is -2.05. The molecule has 0 amide bonds. The maximum atomic E-state index is 4.65. The summed E-state index contributed by atoms with van der Waals surface area (Å²) in [5, 5.41) is 3.69. The van der Waals surface area contributed by atoms with Gasteiger partial charge in [-0.1, -0.05) is 30.3 Å². The van der Waals surface area contributed by atoms with E-state index in [1.807, 2.05) is 0 Å². The summed E-state index contributed by atoms with van der Waals surface area (Å²) in [5.41, 5.74) is 3.90. The van der Waals surface area contributed by atoms with Crippen molar-refractivity contribution in [1.29, 1.82) is 0 Å². The molecule has 0 saturated heterocycles.